The van der Waals surface area contributed by atoms with Crippen LogP contribution < -0.4 is 10.9 Å². The largest absolute Gasteiger partial charge is 0.416 e. The van der Waals surface area contributed by atoms with Crippen molar-refractivity contribution >= 4 is 16.8 Å². The number of benzene rings is 2. The summed E-state index contributed by atoms with van der Waals surface area (Å²) < 4.78 is 40.9. The molecule has 0 spiro atoms. The Kier molecular flexibility index (Phi) is 6.83. The molecule has 1 fully saturated rings. The van der Waals surface area contributed by atoms with Crippen LogP contribution >= 0.6 is 0 Å². The van der Waals surface area contributed by atoms with Crippen molar-refractivity contribution in [1.29, 1.82) is 0 Å². The van der Waals surface area contributed by atoms with Gasteiger partial charge in [0, 0.05) is 12.2 Å². The molecule has 0 radical (unpaired) electrons. The highest BCUT2D eigenvalue weighted by atomic mass is 19.4. The van der Waals surface area contributed by atoms with Crippen LogP contribution in [0.5, 0.6) is 0 Å². The van der Waals surface area contributed by atoms with Crippen LogP contribution in [0.25, 0.3) is 16.6 Å². The van der Waals surface area contributed by atoms with Crippen molar-refractivity contribution < 1.29 is 18.0 Å². The summed E-state index contributed by atoms with van der Waals surface area (Å²) in [4.78, 5) is 28.5. The topological polar surface area (TPSA) is 54.3 Å². The maximum Gasteiger partial charge on any atom is 0.416 e. The second-order valence-electron chi connectivity index (χ2n) is 8.32. The number of hydrogen-bond donors (Lipinski definition) is 1. The average Bonchev–Trinajstić information content (AvgIpc) is 2.81. The maximum absolute atomic E-state index is 13.3. The number of aromatic nitrogens is 1. The molecule has 1 aliphatic rings. The van der Waals surface area contributed by atoms with Crippen molar-refractivity contribution in [2.24, 2.45) is 0 Å². The first kappa shape index (κ1) is 23.0. The highest BCUT2D eigenvalue weighted by molar-refractivity contribution is 5.97. The molecule has 0 atom stereocenters. The number of piperidine rings is 1. The lowest BCUT2D eigenvalue weighted by atomic mass is 10.1. The molecular formula is C25H26F3N3O2. The van der Waals surface area contributed by atoms with Crippen LogP contribution in [-0.4, -0.2) is 41.6 Å². The quantitative estimate of drug-likeness (QED) is 0.550. The molecule has 1 amide bonds. The number of fused-ring (bicyclic) bond motifs is 1. The number of carbonyl (C=O) groups excluding carboxylic acids is 1. The van der Waals surface area contributed by atoms with Crippen molar-refractivity contribution in [3.05, 3.63) is 76.1 Å². The highest BCUT2D eigenvalue weighted by Crippen LogP contribution is 2.30. The van der Waals surface area contributed by atoms with Crippen molar-refractivity contribution in [2.45, 2.75) is 31.9 Å². The number of para-hydroxylation sites is 1. The minimum Gasteiger partial charge on any atom is -0.352 e. The summed E-state index contributed by atoms with van der Waals surface area (Å²) in [7, 11) is 0. The summed E-state index contributed by atoms with van der Waals surface area (Å²) in [6, 6.07) is 12.9. The molecule has 4 rings (SSSR count). The van der Waals surface area contributed by atoms with Gasteiger partial charge in [0.15, 0.2) is 0 Å². The van der Waals surface area contributed by atoms with E-state index in [1.807, 2.05) is 0 Å². The van der Waals surface area contributed by atoms with Crippen LogP contribution in [0.4, 0.5) is 13.2 Å². The molecule has 0 unspecified atom stereocenters. The molecule has 1 N–H and O–H groups in total. The van der Waals surface area contributed by atoms with E-state index in [1.165, 1.54) is 42.0 Å². The number of halogens is 3. The van der Waals surface area contributed by atoms with Gasteiger partial charge >= 0.3 is 6.18 Å². The van der Waals surface area contributed by atoms with E-state index in [2.05, 4.69) is 10.2 Å². The molecule has 8 heteroatoms. The summed E-state index contributed by atoms with van der Waals surface area (Å²) in [5.74, 6) is -0.523. The number of likely N-dealkylation sites (tertiary alicyclic amines) is 1. The number of carbonyl (C=O) groups is 1. The van der Waals surface area contributed by atoms with Crippen molar-refractivity contribution in [2.75, 3.05) is 26.2 Å². The highest BCUT2D eigenvalue weighted by Gasteiger charge is 2.31. The van der Waals surface area contributed by atoms with Crippen molar-refractivity contribution in [3.8, 4) is 5.69 Å². The number of amides is 1. The van der Waals surface area contributed by atoms with Crippen LogP contribution in [0.15, 0.2) is 59.4 Å². The van der Waals surface area contributed by atoms with Gasteiger partial charge in [0.1, 0.15) is 5.56 Å². The fraction of sp³-hybridized carbons (Fsp3) is 0.360. The summed E-state index contributed by atoms with van der Waals surface area (Å²) in [5.41, 5.74) is -1.11. The third-order valence-corrected chi connectivity index (χ3v) is 5.97. The van der Waals surface area contributed by atoms with E-state index < -0.39 is 23.2 Å². The molecule has 1 saturated heterocycles. The third-order valence-electron chi connectivity index (χ3n) is 5.97. The summed E-state index contributed by atoms with van der Waals surface area (Å²) in [5, 5.41) is 3.39. The van der Waals surface area contributed by atoms with Gasteiger partial charge in [-0.2, -0.15) is 13.2 Å². The van der Waals surface area contributed by atoms with Crippen LogP contribution in [0, 0.1) is 0 Å². The maximum atomic E-state index is 13.3. The average molecular weight is 457 g/mol. The number of alkyl halides is 3. The van der Waals surface area contributed by atoms with Crippen molar-refractivity contribution in [3.63, 3.8) is 0 Å². The Labute approximate surface area is 189 Å². The van der Waals surface area contributed by atoms with E-state index in [9.17, 15) is 22.8 Å². The minimum atomic E-state index is -4.54. The lowest BCUT2D eigenvalue weighted by Gasteiger charge is -2.26. The van der Waals surface area contributed by atoms with E-state index >= 15 is 0 Å². The Hall–Kier alpha value is -3.13. The minimum absolute atomic E-state index is 0.0609. The molecule has 0 aliphatic carbocycles. The number of nitrogens with zero attached hydrogens (tertiary/aromatic N) is 2. The van der Waals surface area contributed by atoms with Crippen LogP contribution in [0.3, 0.4) is 0 Å². The molecule has 3 aromatic rings. The Morgan fingerprint density at radius 2 is 1.73 bits per heavy atom. The zero-order valence-corrected chi connectivity index (χ0v) is 18.2. The van der Waals surface area contributed by atoms with Gasteiger partial charge in [0.05, 0.1) is 11.1 Å². The molecule has 1 aromatic heterocycles. The van der Waals surface area contributed by atoms with E-state index in [-0.39, 0.29) is 11.3 Å². The van der Waals surface area contributed by atoms with Crippen molar-refractivity contribution in [1.82, 2.24) is 14.8 Å². The van der Waals surface area contributed by atoms with Gasteiger partial charge in [0.2, 0.25) is 0 Å². The van der Waals surface area contributed by atoms with Gasteiger partial charge in [-0.1, -0.05) is 30.7 Å². The smallest absolute Gasteiger partial charge is 0.352 e. The Morgan fingerprint density at radius 3 is 2.48 bits per heavy atom. The molecule has 0 bridgehead atoms. The first-order valence-corrected chi connectivity index (χ1v) is 11.2. The van der Waals surface area contributed by atoms with E-state index in [0.29, 0.717) is 17.4 Å². The Balaban J connectivity index is 1.61. The number of hydrogen-bond acceptors (Lipinski definition) is 3. The monoisotopic (exact) mass is 457 g/mol. The van der Waals surface area contributed by atoms with Crippen LogP contribution in [-0.2, 0) is 6.18 Å². The van der Waals surface area contributed by atoms with E-state index in [4.69, 9.17) is 0 Å². The Bertz CT molecular complexity index is 1200. The van der Waals surface area contributed by atoms with Gasteiger partial charge in [-0.25, -0.2) is 0 Å². The van der Waals surface area contributed by atoms with Crippen LogP contribution in [0.1, 0.15) is 41.6 Å². The molecule has 2 aromatic carbocycles. The molecule has 0 saturated carbocycles. The molecule has 33 heavy (non-hydrogen) atoms. The zero-order chi connectivity index (χ0) is 23.4. The lowest BCUT2D eigenvalue weighted by molar-refractivity contribution is -0.137. The van der Waals surface area contributed by atoms with Gasteiger partial charge in [-0.15, -0.1) is 0 Å². The number of pyridine rings is 1. The van der Waals surface area contributed by atoms with Gasteiger partial charge in [0.25, 0.3) is 11.5 Å². The van der Waals surface area contributed by atoms with E-state index in [0.717, 1.165) is 38.2 Å². The first-order valence-electron chi connectivity index (χ1n) is 11.2. The first-order chi connectivity index (χ1) is 15.8. The standard InChI is InChI=1S/C25H26F3N3O2/c26-25(27,28)19-9-6-10-20(17-19)31-22-11-3-2-8-18(22)16-21(24(31)33)23(32)29-12-7-15-30-13-4-1-5-14-30/h2-3,6,8-11,16-17H,1,4-5,7,12-15H2,(H,29,32). The number of nitrogens with one attached hydrogen (secondary N) is 1. The number of rotatable bonds is 6. The second kappa shape index (κ2) is 9.79. The van der Waals surface area contributed by atoms with Gasteiger partial charge in [-0.05, 0) is 74.6 Å². The molecule has 2 heterocycles. The predicted molar refractivity (Wildman–Crippen MR) is 122 cm³/mol. The molecule has 174 valence electrons. The molecule has 5 nitrogen and oxygen atoms in total. The van der Waals surface area contributed by atoms with E-state index in [1.54, 1.807) is 24.3 Å². The summed E-state index contributed by atoms with van der Waals surface area (Å²) >= 11 is 0. The zero-order valence-electron chi connectivity index (χ0n) is 18.2. The summed E-state index contributed by atoms with van der Waals surface area (Å²) in [6.07, 6.45) is -0.135. The van der Waals surface area contributed by atoms with Crippen LogP contribution in [0.2, 0.25) is 0 Å². The summed E-state index contributed by atoms with van der Waals surface area (Å²) in [6.45, 7) is 3.44. The third kappa shape index (κ3) is 5.27. The molecular weight excluding hydrogens is 431 g/mol. The van der Waals surface area contributed by atoms with Gasteiger partial charge < -0.3 is 10.2 Å². The normalized spacial score (nSPS) is 15.0. The second-order valence-corrected chi connectivity index (χ2v) is 8.32. The SMILES string of the molecule is O=C(NCCCN1CCCCC1)c1cc2ccccc2n(-c2cccc(C(F)(F)F)c2)c1=O. The predicted octanol–water partition coefficient (Wildman–Crippen LogP) is 4.62. The fourth-order valence-electron chi connectivity index (χ4n) is 4.28. The fourth-order valence-corrected chi connectivity index (χ4v) is 4.28. The lowest BCUT2D eigenvalue weighted by Crippen LogP contribution is -2.35. The Morgan fingerprint density at radius 1 is 0.970 bits per heavy atom. The molecule has 1 aliphatic heterocycles. The van der Waals surface area contributed by atoms with Gasteiger partial charge in [-0.3, -0.25) is 14.2 Å².